The summed E-state index contributed by atoms with van der Waals surface area (Å²) >= 11 is 3.29. The molecule has 0 radical (unpaired) electrons. The molecular formula is C23H19BrN4O3S. The number of hydrogen-bond acceptors (Lipinski definition) is 5. The zero-order valence-corrected chi connectivity index (χ0v) is 19.4. The number of aromatic nitrogens is 2. The van der Waals surface area contributed by atoms with Gasteiger partial charge in [0.2, 0.25) is 0 Å². The highest BCUT2D eigenvalue weighted by Crippen LogP contribution is 2.25. The summed E-state index contributed by atoms with van der Waals surface area (Å²) in [5.41, 5.74) is 3.02. The molecule has 1 aromatic heterocycles. The van der Waals surface area contributed by atoms with E-state index in [9.17, 15) is 8.42 Å². The molecule has 1 N–H and O–H groups in total. The van der Waals surface area contributed by atoms with Crippen LogP contribution in [-0.4, -0.2) is 31.5 Å². The maximum absolute atomic E-state index is 12.5. The number of rotatable bonds is 7. The molecule has 9 heteroatoms. The number of benzene rings is 3. The largest absolute Gasteiger partial charge is 0.497 e. The van der Waals surface area contributed by atoms with Crippen molar-refractivity contribution in [3.05, 3.63) is 95.1 Å². The van der Waals surface area contributed by atoms with Gasteiger partial charge in [0.25, 0.3) is 10.0 Å². The molecule has 0 amide bonds. The average Bonchev–Trinajstić information content (AvgIpc) is 3.24. The molecule has 7 nitrogen and oxygen atoms in total. The van der Waals surface area contributed by atoms with Crippen LogP contribution in [0.15, 0.2) is 99.5 Å². The molecule has 0 saturated heterocycles. The Labute approximate surface area is 194 Å². The van der Waals surface area contributed by atoms with Crippen molar-refractivity contribution in [3.8, 4) is 22.7 Å². The van der Waals surface area contributed by atoms with Gasteiger partial charge in [0.1, 0.15) is 11.4 Å². The van der Waals surface area contributed by atoms with Gasteiger partial charge in [-0.15, -0.1) is 0 Å². The Kier molecular flexibility index (Phi) is 6.38. The molecule has 0 aliphatic rings. The molecule has 4 rings (SSSR count). The van der Waals surface area contributed by atoms with E-state index in [1.165, 1.54) is 18.3 Å². The van der Waals surface area contributed by atoms with Crippen LogP contribution in [0.4, 0.5) is 0 Å². The lowest BCUT2D eigenvalue weighted by Gasteiger charge is -2.04. The number of hydrogen-bond donors (Lipinski definition) is 1. The number of para-hydroxylation sites is 1. The van der Waals surface area contributed by atoms with E-state index in [1.54, 1.807) is 30.1 Å². The van der Waals surface area contributed by atoms with Crippen molar-refractivity contribution in [1.29, 1.82) is 0 Å². The predicted octanol–water partition coefficient (Wildman–Crippen LogP) is 4.62. The maximum atomic E-state index is 12.5. The summed E-state index contributed by atoms with van der Waals surface area (Å²) in [4.78, 5) is 2.38. The van der Waals surface area contributed by atoms with Crippen LogP contribution in [0.5, 0.6) is 5.75 Å². The zero-order valence-electron chi connectivity index (χ0n) is 17.0. The van der Waals surface area contributed by atoms with Gasteiger partial charge in [0, 0.05) is 21.8 Å². The van der Waals surface area contributed by atoms with E-state index in [2.05, 4.69) is 25.9 Å². The number of hydrazone groups is 1. The second-order valence-electron chi connectivity index (χ2n) is 6.75. The molecule has 0 fully saturated rings. The Morgan fingerprint density at radius 2 is 1.69 bits per heavy atom. The van der Waals surface area contributed by atoms with Crippen molar-refractivity contribution in [2.45, 2.75) is 4.90 Å². The monoisotopic (exact) mass is 510 g/mol. The first-order valence-electron chi connectivity index (χ1n) is 9.56. The summed E-state index contributed by atoms with van der Waals surface area (Å²) in [6, 6.07) is 23.4. The molecule has 32 heavy (non-hydrogen) atoms. The average molecular weight is 511 g/mol. The van der Waals surface area contributed by atoms with Crippen LogP contribution < -0.4 is 9.57 Å². The van der Waals surface area contributed by atoms with Crippen LogP contribution >= 0.6 is 15.9 Å². The van der Waals surface area contributed by atoms with Gasteiger partial charge in [-0.2, -0.15) is 18.6 Å². The van der Waals surface area contributed by atoms with Crippen molar-refractivity contribution in [3.63, 3.8) is 0 Å². The normalized spacial score (nSPS) is 11.6. The van der Waals surface area contributed by atoms with Crippen LogP contribution in [0.3, 0.4) is 0 Å². The van der Waals surface area contributed by atoms with E-state index in [0.717, 1.165) is 21.5 Å². The molecule has 4 aromatic rings. The summed E-state index contributed by atoms with van der Waals surface area (Å²) in [6.07, 6.45) is 3.24. The van der Waals surface area contributed by atoms with E-state index in [4.69, 9.17) is 9.84 Å². The van der Waals surface area contributed by atoms with E-state index in [0.29, 0.717) is 11.3 Å². The molecule has 0 unspecified atom stereocenters. The van der Waals surface area contributed by atoms with Gasteiger partial charge in [-0.25, -0.2) is 9.51 Å². The minimum absolute atomic E-state index is 0.119. The number of methoxy groups -OCH3 is 1. The van der Waals surface area contributed by atoms with E-state index in [1.807, 2.05) is 54.6 Å². The fourth-order valence-electron chi connectivity index (χ4n) is 3.00. The lowest BCUT2D eigenvalue weighted by Crippen LogP contribution is -2.18. The molecule has 3 aromatic carbocycles. The van der Waals surface area contributed by atoms with E-state index in [-0.39, 0.29) is 4.90 Å². The SMILES string of the molecule is COc1ccc(-c2nn(-c3ccccc3)cc2C=NNS(=O)(=O)c2ccc(Br)cc2)cc1. The number of nitrogens with zero attached hydrogens (tertiary/aromatic N) is 3. The first-order valence-corrected chi connectivity index (χ1v) is 11.8. The molecule has 0 atom stereocenters. The van der Waals surface area contributed by atoms with Crippen molar-refractivity contribution >= 4 is 32.2 Å². The third-order valence-electron chi connectivity index (χ3n) is 4.63. The highest BCUT2D eigenvalue weighted by atomic mass is 79.9. The van der Waals surface area contributed by atoms with Crippen molar-refractivity contribution in [1.82, 2.24) is 14.6 Å². The third-order valence-corrected chi connectivity index (χ3v) is 6.39. The predicted molar refractivity (Wildman–Crippen MR) is 128 cm³/mol. The van der Waals surface area contributed by atoms with Gasteiger partial charge in [-0.1, -0.05) is 34.1 Å². The van der Waals surface area contributed by atoms with Crippen molar-refractivity contribution < 1.29 is 13.2 Å². The molecule has 0 spiro atoms. The van der Waals surface area contributed by atoms with Crippen molar-refractivity contribution in [2.24, 2.45) is 5.10 Å². The maximum Gasteiger partial charge on any atom is 0.276 e. The zero-order chi connectivity index (χ0) is 22.6. The topological polar surface area (TPSA) is 85.6 Å². The van der Waals surface area contributed by atoms with Crippen LogP contribution in [0.1, 0.15) is 5.56 Å². The van der Waals surface area contributed by atoms with Gasteiger partial charge >= 0.3 is 0 Å². The first kappa shape index (κ1) is 21.8. The molecule has 162 valence electrons. The quantitative estimate of drug-likeness (QED) is 0.290. The molecular weight excluding hydrogens is 492 g/mol. The number of halogens is 1. The Morgan fingerprint density at radius 3 is 2.34 bits per heavy atom. The third kappa shape index (κ3) is 4.90. The summed E-state index contributed by atoms with van der Waals surface area (Å²) < 4.78 is 32.8. The van der Waals surface area contributed by atoms with Gasteiger partial charge in [0.15, 0.2) is 0 Å². The Morgan fingerprint density at radius 1 is 1.00 bits per heavy atom. The summed E-state index contributed by atoms with van der Waals surface area (Å²) in [5.74, 6) is 0.730. The minimum Gasteiger partial charge on any atom is -0.497 e. The second-order valence-corrected chi connectivity index (χ2v) is 9.33. The number of nitrogens with one attached hydrogen (secondary N) is 1. The highest BCUT2D eigenvalue weighted by molar-refractivity contribution is 9.10. The van der Waals surface area contributed by atoms with Crippen molar-refractivity contribution in [2.75, 3.05) is 7.11 Å². The number of sulfonamides is 1. The first-order chi connectivity index (χ1) is 15.5. The minimum atomic E-state index is -3.79. The molecule has 0 aliphatic carbocycles. The molecule has 0 aliphatic heterocycles. The fourth-order valence-corrected chi connectivity index (χ4v) is 4.06. The standard InChI is InChI=1S/C23H19BrN4O3S/c1-31-21-11-7-17(8-12-21)23-18(16-28(26-23)20-5-3-2-4-6-20)15-25-27-32(29,30)22-13-9-19(24)10-14-22/h2-16,27H,1H3. The Hall–Kier alpha value is -3.43. The lowest BCUT2D eigenvalue weighted by atomic mass is 10.1. The Balaban J connectivity index is 1.67. The van der Waals surface area contributed by atoms with Crippen LogP contribution in [0.25, 0.3) is 16.9 Å². The van der Waals surface area contributed by atoms with Gasteiger partial charge in [-0.3, -0.25) is 0 Å². The van der Waals surface area contributed by atoms with E-state index < -0.39 is 10.0 Å². The van der Waals surface area contributed by atoms with Gasteiger partial charge < -0.3 is 4.74 Å². The molecule has 0 saturated carbocycles. The summed E-state index contributed by atoms with van der Waals surface area (Å²) in [7, 11) is -2.19. The Bertz CT molecular complexity index is 1330. The van der Waals surface area contributed by atoms with E-state index >= 15 is 0 Å². The lowest BCUT2D eigenvalue weighted by molar-refractivity contribution is 0.415. The smallest absolute Gasteiger partial charge is 0.276 e. The number of ether oxygens (including phenoxy) is 1. The van der Waals surface area contributed by atoms with Gasteiger partial charge in [0.05, 0.1) is 23.9 Å². The fraction of sp³-hybridized carbons (Fsp3) is 0.0435. The van der Waals surface area contributed by atoms with Gasteiger partial charge in [-0.05, 0) is 60.7 Å². The van der Waals surface area contributed by atoms with Crippen LogP contribution in [0, 0.1) is 0 Å². The highest BCUT2D eigenvalue weighted by Gasteiger charge is 2.14. The summed E-state index contributed by atoms with van der Waals surface area (Å²) in [6.45, 7) is 0. The summed E-state index contributed by atoms with van der Waals surface area (Å²) in [5, 5.41) is 8.68. The second kappa shape index (κ2) is 9.37. The molecule has 0 bridgehead atoms. The molecule has 1 heterocycles. The van der Waals surface area contributed by atoms with Crippen LogP contribution in [0.2, 0.25) is 0 Å². The van der Waals surface area contributed by atoms with Crippen LogP contribution in [-0.2, 0) is 10.0 Å².